The lowest BCUT2D eigenvalue weighted by molar-refractivity contribution is 0.0401. The van der Waals surface area contributed by atoms with Crippen molar-refractivity contribution in [2.24, 2.45) is 5.84 Å². The summed E-state index contributed by atoms with van der Waals surface area (Å²) in [5.41, 5.74) is 0.240. The van der Waals surface area contributed by atoms with Crippen LogP contribution in [0.25, 0.3) is 0 Å². The molecule has 1 fully saturated rings. The summed E-state index contributed by atoms with van der Waals surface area (Å²) >= 11 is 0. The van der Waals surface area contributed by atoms with Crippen LogP contribution in [0.4, 0.5) is 0 Å². The Balaban J connectivity index is 2.55. The molecule has 1 rings (SSSR count). The molecule has 1 aliphatic heterocycles. The van der Waals surface area contributed by atoms with Crippen molar-refractivity contribution in [3.8, 4) is 0 Å². The van der Waals surface area contributed by atoms with Gasteiger partial charge in [0.05, 0.1) is 0 Å². The van der Waals surface area contributed by atoms with Crippen molar-refractivity contribution in [3.63, 3.8) is 0 Å². The second-order valence-corrected chi connectivity index (χ2v) is 4.80. The monoisotopic (exact) mass is 213 g/mol. The fourth-order valence-electron chi connectivity index (χ4n) is 2.46. The fourth-order valence-corrected chi connectivity index (χ4v) is 2.46. The predicted octanol–water partition coefficient (Wildman–Crippen LogP) is 1.88. The van der Waals surface area contributed by atoms with Crippen LogP contribution in [0, 0.1) is 0 Å². The van der Waals surface area contributed by atoms with Gasteiger partial charge in [-0.25, -0.2) is 5.01 Å². The number of hydrogen-bond acceptors (Lipinski definition) is 3. The zero-order valence-electron chi connectivity index (χ0n) is 10.4. The van der Waals surface area contributed by atoms with Gasteiger partial charge < -0.3 is 5.32 Å². The minimum atomic E-state index is 0.240. The smallest absolute Gasteiger partial charge is 0.0476 e. The van der Waals surface area contributed by atoms with Crippen LogP contribution in [-0.2, 0) is 0 Å². The number of hydrogen-bond donors (Lipinski definition) is 2. The van der Waals surface area contributed by atoms with E-state index in [9.17, 15) is 0 Å². The quantitative estimate of drug-likeness (QED) is 0.662. The van der Waals surface area contributed by atoms with E-state index in [2.05, 4.69) is 24.2 Å². The van der Waals surface area contributed by atoms with Gasteiger partial charge in [-0.2, -0.15) is 0 Å². The number of nitrogens with zero attached hydrogens (tertiary/aromatic N) is 1. The number of unbranched alkanes of at least 4 members (excludes halogenated alkanes) is 2. The third kappa shape index (κ3) is 3.44. The average molecular weight is 213 g/mol. The SMILES string of the molecule is CCCCC1(CCCC)CNCCN1N. The molecule has 0 aromatic rings. The molecular weight excluding hydrogens is 186 g/mol. The van der Waals surface area contributed by atoms with E-state index in [-0.39, 0.29) is 5.54 Å². The third-order valence-corrected chi connectivity index (χ3v) is 3.58. The van der Waals surface area contributed by atoms with E-state index in [1.54, 1.807) is 0 Å². The molecule has 0 aromatic heterocycles. The molecule has 1 saturated heterocycles. The minimum Gasteiger partial charge on any atom is -0.314 e. The molecule has 0 bridgehead atoms. The highest BCUT2D eigenvalue weighted by atomic mass is 15.5. The first-order valence-electron chi connectivity index (χ1n) is 6.48. The van der Waals surface area contributed by atoms with Gasteiger partial charge in [-0.15, -0.1) is 0 Å². The van der Waals surface area contributed by atoms with Crippen LogP contribution in [0.15, 0.2) is 0 Å². The van der Waals surface area contributed by atoms with Gasteiger partial charge in [0, 0.05) is 25.2 Å². The first-order chi connectivity index (χ1) is 7.25. The lowest BCUT2D eigenvalue weighted by Gasteiger charge is -2.45. The second-order valence-electron chi connectivity index (χ2n) is 4.80. The molecule has 1 aliphatic rings. The van der Waals surface area contributed by atoms with Gasteiger partial charge in [-0.1, -0.05) is 39.5 Å². The summed E-state index contributed by atoms with van der Waals surface area (Å²) in [5, 5.41) is 5.61. The summed E-state index contributed by atoms with van der Waals surface area (Å²) in [6, 6.07) is 0. The van der Waals surface area contributed by atoms with Gasteiger partial charge in [-0.05, 0) is 12.8 Å². The summed E-state index contributed by atoms with van der Waals surface area (Å²) in [6.45, 7) is 7.61. The molecule has 0 aromatic carbocycles. The Morgan fingerprint density at radius 3 is 2.27 bits per heavy atom. The van der Waals surface area contributed by atoms with Gasteiger partial charge in [0.2, 0.25) is 0 Å². The number of piperazine rings is 1. The zero-order valence-corrected chi connectivity index (χ0v) is 10.4. The molecule has 0 radical (unpaired) electrons. The van der Waals surface area contributed by atoms with E-state index in [4.69, 9.17) is 5.84 Å². The Hall–Kier alpha value is -0.120. The average Bonchev–Trinajstić information content (AvgIpc) is 2.27. The predicted molar refractivity (Wildman–Crippen MR) is 65.5 cm³/mol. The molecule has 0 amide bonds. The molecule has 3 nitrogen and oxygen atoms in total. The molecule has 0 unspecified atom stereocenters. The standard InChI is InChI=1S/C12H27N3/c1-3-5-7-12(8-6-4-2)11-14-9-10-15(12)13/h14H,3-11,13H2,1-2H3. The molecule has 0 saturated carbocycles. The third-order valence-electron chi connectivity index (χ3n) is 3.58. The summed E-state index contributed by atoms with van der Waals surface area (Å²) in [7, 11) is 0. The number of rotatable bonds is 6. The van der Waals surface area contributed by atoms with Crippen molar-refractivity contribution >= 4 is 0 Å². The number of nitrogens with two attached hydrogens (primary N) is 1. The highest BCUT2D eigenvalue weighted by Crippen LogP contribution is 2.27. The molecule has 0 aliphatic carbocycles. The first-order valence-corrected chi connectivity index (χ1v) is 6.48. The van der Waals surface area contributed by atoms with E-state index >= 15 is 0 Å². The van der Waals surface area contributed by atoms with Crippen LogP contribution in [0.1, 0.15) is 52.4 Å². The Kier molecular flexibility index (Phi) is 5.58. The van der Waals surface area contributed by atoms with Gasteiger partial charge in [0.15, 0.2) is 0 Å². The van der Waals surface area contributed by atoms with Crippen molar-refractivity contribution in [2.45, 2.75) is 57.9 Å². The van der Waals surface area contributed by atoms with Crippen molar-refractivity contribution < 1.29 is 0 Å². The summed E-state index contributed by atoms with van der Waals surface area (Å²) in [5.74, 6) is 6.19. The normalized spacial score (nSPS) is 21.8. The van der Waals surface area contributed by atoms with Crippen molar-refractivity contribution in [2.75, 3.05) is 19.6 Å². The van der Waals surface area contributed by atoms with E-state index < -0.39 is 0 Å². The lowest BCUT2D eigenvalue weighted by atomic mass is 9.85. The number of hydrazine groups is 1. The minimum absolute atomic E-state index is 0.240. The second kappa shape index (κ2) is 6.46. The van der Waals surface area contributed by atoms with Gasteiger partial charge >= 0.3 is 0 Å². The Morgan fingerprint density at radius 1 is 1.20 bits per heavy atom. The van der Waals surface area contributed by atoms with E-state index in [0.29, 0.717) is 0 Å². The first kappa shape index (κ1) is 12.9. The Labute approximate surface area is 94.4 Å². The number of nitrogens with one attached hydrogen (secondary N) is 1. The van der Waals surface area contributed by atoms with Crippen molar-refractivity contribution in [1.29, 1.82) is 0 Å². The van der Waals surface area contributed by atoms with E-state index in [1.807, 2.05) is 0 Å². The molecule has 1 heterocycles. The maximum absolute atomic E-state index is 6.19. The molecule has 0 atom stereocenters. The molecule has 3 N–H and O–H groups in total. The molecule has 15 heavy (non-hydrogen) atoms. The van der Waals surface area contributed by atoms with Crippen LogP contribution >= 0.6 is 0 Å². The van der Waals surface area contributed by atoms with E-state index in [1.165, 1.54) is 38.5 Å². The Morgan fingerprint density at radius 2 is 1.80 bits per heavy atom. The Bertz CT molecular complexity index is 162. The fraction of sp³-hybridized carbons (Fsp3) is 1.00. The van der Waals surface area contributed by atoms with Crippen molar-refractivity contribution in [1.82, 2.24) is 10.3 Å². The summed E-state index contributed by atoms with van der Waals surface area (Å²) < 4.78 is 0. The summed E-state index contributed by atoms with van der Waals surface area (Å²) in [4.78, 5) is 0. The highest BCUT2D eigenvalue weighted by molar-refractivity contribution is 4.93. The van der Waals surface area contributed by atoms with Crippen LogP contribution < -0.4 is 11.2 Å². The van der Waals surface area contributed by atoms with Gasteiger partial charge in [0.25, 0.3) is 0 Å². The summed E-state index contributed by atoms with van der Waals surface area (Å²) in [6.07, 6.45) is 7.60. The van der Waals surface area contributed by atoms with E-state index in [0.717, 1.165) is 19.6 Å². The van der Waals surface area contributed by atoms with Crippen molar-refractivity contribution in [3.05, 3.63) is 0 Å². The van der Waals surface area contributed by atoms with Crippen LogP contribution in [0.3, 0.4) is 0 Å². The maximum atomic E-state index is 6.19. The highest BCUT2D eigenvalue weighted by Gasteiger charge is 2.35. The topological polar surface area (TPSA) is 41.3 Å². The van der Waals surface area contributed by atoms with Gasteiger partial charge in [0.1, 0.15) is 0 Å². The van der Waals surface area contributed by atoms with Crippen LogP contribution in [0.5, 0.6) is 0 Å². The molecule has 90 valence electrons. The van der Waals surface area contributed by atoms with Crippen LogP contribution in [-0.4, -0.2) is 30.2 Å². The molecule has 0 spiro atoms. The van der Waals surface area contributed by atoms with Crippen LogP contribution in [0.2, 0.25) is 0 Å². The largest absolute Gasteiger partial charge is 0.314 e. The molecular formula is C12H27N3. The maximum Gasteiger partial charge on any atom is 0.0476 e. The molecule has 3 heteroatoms. The zero-order chi connectivity index (χ0) is 11.1. The van der Waals surface area contributed by atoms with Gasteiger partial charge in [-0.3, -0.25) is 5.84 Å². The lowest BCUT2D eigenvalue weighted by Crippen LogP contribution is -2.63.